The third-order valence-corrected chi connectivity index (χ3v) is 4.76. The molecular formula is C18H23N3O3. The summed E-state index contributed by atoms with van der Waals surface area (Å²) in [7, 11) is 0. The maximum atomic E-state index is 12.7. The normalized spacial score (nSPS) is 18.0. The van der Waals surface area contributed by atoms with Crippen molar-refractivity contribution >= 4 is 17.7 Å². The Balaban J connectivity index is 1.68. The molecule has 1 aromatic carbocycles. The van der Waals surface area contributed by atoms with Gasteiger partial charge in [-0.05, 0) is 31.0 Å². The van der Waals surface area contributed by atoms with Crippen molar-refractivity contribution in [2.75, 3.05) is 39.3 Å². The highest BCUT2D eigenvalue weighted by Gasteiger charge is 2.25. The molecule has 0 aliphatic carbocycles. The number of rotatable bonds is 2. The smallest absolute Gasteiger partial charge is 0.253 e. The van der Waals surface area contributed by atoms with Crippen LogP contribution in [-0.2, 0) is 4.79 Å². The van der Waals surface area contributed by atoms with Gasteiger partial charge in [0.25, 0.3) is 11.8 Å². The zero-order chi connectivity index (χ0) is 17.1. The molecule has 2 aliphatic heterocycles. The van der Waals surface area contributed by atoms with Gasteiger partial charge in [0.1, 0.15) is 0 Å². The summed E-state index contributed by atoms with van der Waals surface area (Å²) in [6.07, 6.45) is 2.09. The van der Waals surface area contributed by atoms with E-state index in [0.29, 0.717) is 37.3 Å². The Bertz CT molecular complexity index is 645. The fourth-order valence-corrected chi connectivity index (χ4v) is 3.30. The number of carbonyl (C=O) groups is 3. The standard InChI is InChI=1S/C18H23N3O3/c1-14(22)19-9-11-21(12-10-19)18(24)16-6-4-5-15(13-16)17(23)20-7-2-3-8-20/h4-6,13H,2-3,7-12H2,1H3. The third kappa shape index (κ3) is 3.42. The van der Waals surface area contributed by atoms with E-state index < -0.39 is 0 Å². The molecule has 0 unspecified atom stereocenters. The predicted molar refractivity (Wildman–Crippen MR) is 89.7 cm³/mol. The highest BCUT2D eigenvalue weighted by atomic mass is 16.2. The van der Waals surface area contributed by atoms with E-state index in [1.54, 1.807) is 41.0 Å². The van der Waals surface area contributed by atoms with Gasteiger partial charge in [-0.1, -0.05) is 6.07 Å². The van der Waals surface area contributed by atoms with Gasteiger partial charge in [-0.3, -0.25) is 14.4 Å². The van der Waals surface area contributed by atoms with E-state index in [9.17, 15) is 14.4 Å². The number of nitrogens with zero attached hydrogens (tertiary/aromatic N) is 3. The van der Waals surface area contributed by atoms with Crippen LogP contribution in [0.2, 0.25) is 0 Å². The maximum absolute atomic E-state index is 12.7. The summed E-state index contributed by atoms with van der Waals surface area (Å²) in [6, 6.07) is 6.98. The zero-order valence-electron chi connectivity index (χ0n) is 14.0. The number of hydrogen-bond acceptors (Lipinski definition) is 3. The Morgan fingerprint density at radius 1 is 0.750 bits per heavy atom. The number of carbonyl (C=O) groups excluding carboxylic acids is 3. The first kappa shape index (κ1) is 16.5. The van der Waals surface area contributed by atoms with Gasteiger partial charge in [-0.2, -0.15) is 0 Å². The molecule has 6 nitrogen and oxygen atoms in total. The molecule has 2 fully saturated rings. The Morgan fingerprint density at radius 3 is 1.71 bits per heavy atom. The summed E-state index contributed by atoms with van der Waals surface area (Å²) < 4.78 is 0. The van der Waals surface area contributed by atoms with Crippen LogP contribution in [0.3, 0.4) is 0 Å². The van der Waals surface area contributed by atoms with Gasteiger partial charge in [0.15, 0.2) is 0 Å². The minimum absolute atomic E-state index is 0.00329. The van der Waals surface area contributed by atoms with E-state index in [2.05, 4.69) is 0 Å². The Kier molecular flexibility index (Phi) is 4.83. The van der Waals surface area contributed by atoms with E-state index in [4.69, 9.17) is 0 Å². The topological polar surface area (TPSA) is 60.9 Å². The molecular weight excluding hydrogens is 306 g/mol. The summed E-state index contributed by atoms with van der Waals surface area (Å²) in [6.45, 7) is 5.32. The van der Waals surface area contributed by atoms with Crippen LogP contribution < -0.4 is 0 Å². The fourth-order valence-electron chi connectivity index (χ4n) is 3.30. The molecule has 0 saturated carbocycles. The van der Waals surface area contributed by atoms with Crippen molar-refractivity contribution in [3.63, 3.8) is 0 Å². The highest BCUT2D eigenvalue weighted by molar-refractivity contribution is 5.99. The van der Waals surface area contributed by atoms with Gasteiger partial charge in [0, 0.05) is 57.3 Å². The van der Waals surface area contributed by atoms with E-state index in [-0.39, 0.29) is 17.7 Å². The minimum Gasteiger partial charge on any atom is -0.339 e. The molecule has 0 spiro atoms. The second kappa shape index (κ2) is 7.03. The van der Waals surface area contributed by atoms with Crippen LogP contribution in [0.4, 0.5) is 0 Å². The summed E-state index contributed by atoms with van der Waals surface area (Å²) in [4.78, 5) is 41.9. The molecule has 1 aromatic rings. The molecule has 2 aliphatic rings. The summed E-state index contributed by atoms with van der Waals surface area (Å²) in [5, 5.41) is 0. The second-order valence-corrected chi connectivity index (χ2v) is 6.38. The van der Waals surface area contributed by atoms with Crippen molar-refractivity contribution in [2.24, 2.45) is 0 Å². The van der Waals surface area contributed by atoms with Crippen molar-refractivity contribution in [1.29, 1.82) is 0 Å². The molecule has 24 heavy (non-hydrogen) atoms. The van der Waals surface area contributed by atoms with Crippen LogP contribution in [-0.4, -0.2) is 71.7 Å². The van der Waals surface area contributed by atoms with Crippen LogP contribution in [0.5, 0.6) is 0 Å². The molecule has 0 aromatic heterocycles. The molecule has 3 rings (SSSR count). The molecule has 128 valence electrons. The second-order valence-electron chi connectivity index (χ2n) is 6.38. The molecule has 0 bridgehead atoms. The Labute approximate surface area is 142 Å². The van der Waals surface area contributed by atoms with Crippen molar-refractivity contribution in [1.82, 2.24) is 14.7 Å². The maximum Gasteiger partial charge on any atom is 0.253 e. The Hall–Kier alpha value is -2.37. The van der Waals surface area contributed by atoms with E-state index in [1.165, 1.54) is 0 Å². The average Bonchev–Trinajstić information content (AvgIpc) is 3.15. The molecule has 0 radical (unpaired) electrons. The van der Waals surface area contributed by atoms with Crippen LogP contribution in [0, 0.1) is 0 Å². The van der Waals surface area contributed by atoms with Gasteiger partial charge >= 0.3 is 0 Å². The quantitative estimate of drug-likeness (QED) is 0.820. The predicted octanol–water partition coefficient (Wildman–Crippen LogP) is 1.23. The van der Waals surface area contributed by atoms with Crippen molar-refractivity contribution in [3.8, 4) is 0 Å². The summed E-state index contributed by atoms with van der Waals surface area (Å²) in [5.41, 5.74) is 1.11. The van der Waals surface area contributed by atoms with Crippen molar-refractivity contribution < 1.29 is 14.4 Å². The van der Waals surface area contributed by atoms with E-state index in [0.717, 1.165) is 25.9 Å². The molecule has 2 saturated heterocycles. The molecule has 6 heteroatoms. The first-order chi connectivity index (χ1) is 11.6. The largest absolute Gasteiger partial charge is 0.339 e. The lowest BCUT2D eigenvalue weighted by molar-refractivity contribution is -0.130. The van der Waals surface area contributed by atoms with Crippen LogP contribution >= 0.6 is 0 Å². The lowest BCUT2D eigenvalue weighted by Crippen LogP contribution is -2.50. The summed E-state index contributed by atoms with van der Waals surface area (Å²) >= 11 is 0. The van der Waals surface area contributed by atoms with Crippen molar-refractivity contribution in [3.05, 3.63) is 35.4 Å². The van der Waals surface area contributed by atoms with Crippen LogP contribution in [0.1, 0.15) is 40.5 Å². The highest BCUT2D eigenvalue weighted by Crippen LogP contribution is 2.16. The SMILES string of the molecule is CC(=O)N1CCN(C(=O)c2cccc(C(=O)N3CCCC3)c2)CC1. The molecule has 0 atom stereocenters. The fraction of sp³-hybridized carbons (Fsp3) is 0.500. The van der Waals surface area contributed by atoms with Crippen LogP contribution in [0.25, 0.3) is 0 Å². The number of likely N-dealkylation sites (tertiary alicyclic amines) is 1. The van der Waals surface area contributed by atoms with Gasteiger partial charge in [-0.25, -0.2) is 0 Å². The van der Waals surface area contributed by atoms with Gasteiger partial charge in [-0.15, -0.1) is 0 Å². The summed E-state index contributed by atoms with van der Waals surface area (Å²) in [5.74, 6) is -0.0295. The van der Waals surface area contributed by atoms with Gasteiger partial charge in [0.2, 0.25) is 5.91 Å². The van der Waals surface area contributed by atoms with E-state index >= 15 is 0 Å². The first-order valence-corrected chi connectivity index (χ1v) is 8.50. The average molecular weight is 329 g/mol. The number of piperazine rings is 1. The Morgan fingerprint density at radius 2 is 1.21 bits per heavy atom. The van der Waals surface area contributed by atoms with Crippen molar-refractivity contribution in [2.45, 2.75) is 19.8 Å². The first-order valence-electron chi connectivity index (χ1n) is 8.50. The number of hydrogen-bond donors (Lipinski definition) is 0. The molecule has 2 heterocycles. The zero-order valence-corrected chi connectivity index (χ0v) is 14.0. The molecule has 3 amide bonds. The minimum atomic E-state index is -0.0747. The van der Waals surface area contributed by atoms with Gasteiger partial charge in [0.05, 0.1) is 0 Å². The number of benzene rings is 1. The lowest BCUT2D eigenvalue weighted by Gasteiger charge is -2.34. The van der Waals surface area contributed by atoms with Crippen LogP contribution in [0.15, 0.2) is 24.3 Å². The van der Waals surface area contributed by atoms with Gasteiger partial charge < -0.3 is 14.7 Å². The third-order valence-electron chi connectivity index (χ3n) is 4.76. The number of amides is 3. The molecule has 0 N–H and O–H groups in total. The van der Waals surface area contributed by atoms with E-state index in [1.807, 2.05) is 4.90 Å². The lowest BCUT2D eigenvalue weighted by atomic mass is 10.1. The monoisotopic (exact) mass is 329 g/mol.